The van der Waals surface area contributed by atoms with E-state index in [9.17, 15) is 0 Å². The van der Waals surface area contributed by atoms with E-state index in [-0.39, 0.29) is 0 Å². The molecule has 1 unspecified atom stereocenters. The second-order valence-corrected chi connectivity index (χ2v) is 5.75. The van der Waals surface area contributed by atoms with E-state index in [1.54, 1.807) is 11.3 Å². The summed E-state index contributed by atoms with van der Waals surface area (Å²) in [7, 11) is 2.02. The van der Waals surface area contributed by atoms with Crippen LogP contribution in [0.1, 0.15) is 26.9 Å². The molecule has 15 heavy (non-hydrogen) atoms. The van der Waals surface area contributed by atoms with Gasteiger partial charge < -0.3 is 5.32 Å². The minimum Gasteiger partial charge on any atom is -0.309 e. The Bertz CT molecular complexity index is 428. The van der Waals surface area contributed by atoms with E-state index in [0.717, 1.165) is 0 Å². The third-order valence-electron chi connectivity index (χ3n) is 2.51. The summed E-state index contributed by atoms with van der Waals surface area (Å²) in [5.41, 5.74) is 2.76. The molecule has 1 N–H and O–H groups in total. The van der Waals surface area contributed by atoms with Gasteiger partial charge in [-0.15, -0.1) is 11.3 Å². The van der Waals surface area contributed by atoms with Crippen molar-refractivity contribution in [2.24, 2.45) is 0 Å². The molecule has 0 aliphatic rings. The van der Waals surface area contributed by atoms with Crippen LogP contribution < -0.4 is 5.32 Å². The van der Waals surface area contributed by atoms with Gasteiger partial charge in [0.15, 0.2) is 0 Å². The second kappa shape index (κ2) is 4.47. The van der Waals surface area contributed by atoms with Crippen molar-refractivity contribution < 1.29 is 0 Å². The van der Waals surface area contributed by atoms with Crippen LogP contribution in [0.25, 0.3) is 0 Å². The van der Waals surface area contributed by atoms with E-state index in [2.05, 4.69) is 42.1 Å². The molecule has 80 valence electrons. The molecule has 2 aromatic rings. The van der Waals surface area contributed by atoms with Gasteiger partial charge in [0.25, 0.3) is 0 Å². The molecular formula is C12H15NS2. The number of rotatable bonds is 3. The highest BCUT2D eigenvalue weighted by atomic mass is 32.1. The first-order valence-corrected chi connectivity index (χ1v) is 6.74. The summed E-state index contributed by atoms with van der Waals surface area (Å²) >= 11 is 3.64. The zero-order valence-corrected chi connectivity index (χ0v) is 10.8. The van der Waals surface area contributed by atoms with Crippen LogP contribution in [0.2, 0.25) is 0 Å². The lowest BCUT2D eigenvalue weighted by Gasteiger charge is -2.14. The molecule has 0 aliphatic heterocycles. The first kappa shape index (κ1) is 10.9. The average molecular weight is 237 g/mol. The zero-order chi connectivity index (χ0) is 10.8. The zero-order valence-electron chi connectivity index (χ0n) is 9.20. The third kappa shape index (κ3) is 2.14. The quantitative estimate of drug-likeness (QED) is 0.857. The van der Waals surface area contributed by atoms with E-state index in [4.69, 9.17) is 0 Å². The van der Waals surface area contributed by atoms with Gasteiger partial charge in [0.1, 0.15) is 0 Å². The molecule has 0 saturated heterocycles. The fourth-order valence-electron chi connectivity index (χ4n) is 1.83. The predicted molar refractivity (Wildman–Crippen MR) is 69.0 cm³/mol. The van der Waals surface area contributed by atoms with Crippen molar-refractivity contribution in [3.8, 4) is 0 Å². The van der Waals surface area contributed by atoms with Crippen LogP contribution in [0.15, 0.2) is 22.9 Å². The highest BCUT2D eigenvalue weighted by Gasteiger charge is 2.16. The molecule has 1 atom stereocenters. The summed E-state index contributed by atoms with van der Waals surface area (Å²) in [4.78, 5) is 2.83. The summed E-state index contributed by atoms with van der Waals surface area (Å²) in [6.45, 7) is 4.36. The predicted octanol–water partition coefficient (Wildman–Crippen LogP) is 3.74. The number of aryl methyl sites for hydroxylation is 2. The van der Waals surface area contributed by atoms with Crippen molar-refractivity contribution in [3.05, 3.63) is 43.8 Å². The summed E-state index contributed by atoms with van der Waals surface area (Å²) in [6.07, 6.45) is 0. The van der Waals surface area contributed by atoms with Gasteiger partial charge in [-0.25, -0.2) is 0 Å². The molecule has 0 amide bonds. The molecule has 0 saturated carbocycles. The molecule has 2 heterocycles. The monoisotopic (exact) mass is 237 g/mol. The lowest BCUT2D eigenvalue weighted by Crippen LogP contribution is -2.16. The van der Waals surface area contributed by atoms with Crippen molar-refractivity contribution in [2.45, 2.75) is 19.9 Å². The molecule has 2 rings (SSSR count). The Hall–Kier alpha value is -0.640. The van der Waals surface area contributed by atoms with Gasteiger partial charge in [-0.1, -0.05) is 0 Å². The fourth-order valence-corrected chi connectivity index (χ4v) is 3.69. The molecule has 0 aromatic carbocycles. The van der Waals surface area contributed by atoms with Gasteiger partial charge in [0.05, 0.1) is 6.04 Å². The maximum absolute atomic E-state index is 3.39. The summed E-state index contributed by atoms with van der Waals surface area (Å²) in [6, 6.07) is 4.81. The molecule has 0 aliphatic carbocycles. The average Bonchev–Trinajstić information content (AvgIpc) is 2.79. The highest BCUT2D eigenvalue weighted by molar-refractivity contribution is 7.12. The smallest absolute Gasteiger partial charge is 0.0679 e. The van der Waals surface area contributed by atoms with Gasteiger partial charge in [0.2, 0.25) is 0 Å². The van der Waals surface area contributed by atoms with Gasteiger partial charge >= 0.3 is 0 Å². The maximum atomic E-state index is 3.39. The van der Waals surface area contributed by atoms with Crippen molar-refractivity contribution in [1.29, 1.82) is 0 Å². The molecule has 0 radical (unpaired) electrons. The first-order valence-electron chi connectivity index (χ1n) is 4.98. The molecule has 2 aromatic heterocycles. The van der Waals surface area contributed by atoms with Gasteiger partial charge in [-0.05, 0) is 54.9 Å². The van der Waals surface area contributed by atoms with E-state index >= 15 is 0 Å². The largest absolute Gasteiger partial charge is 0.309 e. The maximum Gasteiger partial charge on any atom is 0.0679 e. The van der Waals surface area contributed by atoms with Crippen molar-refractivity contribution in [1.82, 2.24) is 5.32 Å². The Kier molecular flexibility index (Phi) is 3.24. The van der Waals surface area contributed by atoms with Crippen molar-refractivity contribution in [2.75, 3.05) is 7.05 Å². The van der Waals surface area contributed by atoms with Crippen LogP contribution >= 0.6 is 22.7 Å². The van der Waals surface area contributed by atoms with E-state index in [1.807, 2.05) is 18.4 Å². The second-order valence-electron chi connectivity index (χ2n) is 3.68. The van der Waals surface area contributed by atoms with Crippen LogP contribution in [-0.4, -0.2) is 7.05 Å². The Morgan fingerprint density at radius 2 is 2.13 bits per heavy atom. The Balaban J connectivity index is 2.39. The SMILES string of the molecule is CNC(c1ccsc1)c1sc(C)cc1C. The van der Waals surface area contributed by atoms with Crippen LogP contribution in [0, 0.1) is 13.8 Å². The number of thiophene rings is 2. The minimum absolute atomic E-state index is 0.356. The van der Waals surface area contributed by atoms with Crippen LogP contribution in [0.5, 0.6) is 0 Å². The summed E-state index contributed by atoms with van der Waals surface area (Å²) in [5, 5.41) is 7.74. The Labute approximate surface area is 98.8 Å². The number of nitrogens with one attached hydrogen (secondary N) is 1. The van der Waals surface area contributed by atoms with Gasteiger partial charge in [-0.2, -0.15) is 11.3 Å². The van der Waals surface area contributed by atoms with Gasteiger partial charge in [0, 0.05) is 9.75 Å². The van der Waals surface area contributed by atoms with Crippen molar-refractivity contribution >= 4 is 22.7 Å². The molecule has 0 bridgehead atoms. The van der Waals surface area contributed by atoms with Crippen LogP contribution in [0.3, 0.4) is 0 Å². The summed E-state index contributed by atoms with van der Waals surface area (Å²) in [5.74, 6) is 0. The third-order valence-corrected chi connectivity index (χ3v) is 4.43. The number of hydrogen-bond acceptors (Lipinski definition) is 3. The molecule has 1 nitrogen and oxygen atoms in total. The highest BCUT2D eigenvalue weighted by Crippen LogP contribution is 2.32. The van der Waals surface area contributed by atoms with Crippen molar-refractivity contribution in [3.63, 3.8) is 0 Å². The standard InChI is InChI=1S/C12H15NS2/c1-8-6-9(2)15-12(8)11(13-3)10-4-5-14-7-10/h4-7,11,13H,1-3H3. The minimum atomic E-state index is 0.356. The lowest BCUT2D eigenvalue weighted by molar-refractivity contribution is 0.703. The molecule has 0 fully saturated rings. The molecule has 0 spiro atoms. The molecular weight excluding hydrogens is 222 g/mol. The van der Waals surface area contributed by atoms with Crippen LogP contribution in [0.4, 0.5) is 0 Å². The lowest BCUT2D eigenvalue weighted by atomic mass is 10.1. The fraction of sp³-hybridized carbons (Fsp3) is 0.333. The first-order chi connectivity index (χ1) is 7.22. The molecule has 3 heteroatoms. The Morgan fingerprint density at radius 3 is 2.60 bits per heavy atom. The van der Waals surface area contributed by atoms with E-state index in [1.165, 1.54) is 20.9 Å². The van der Waals surface area contributed by atoms with Gasteiger partial charge in [-0.3, -0.25) is 0 Å². The van der Waals surface area contributed by atoms with Crippen LogP contribution in [-0.2, 0) is 0 Å². The topological polar surface area (TPSA) is 12.0 Å². The normalized spacial score (nSPS) is 13.0. The summed E-state index contributed by atoms with van der Waals surface area (Å²) < 4.78 is 0. The van der Waals surface area contributed by atoms with E-state index in [0.29, 0.717) is 6.04 Å². The number of hydrogen-bond donors (Lipinski definition) is 1. The van der Waals surface area contributed by atoms with E-state index < -0.39 is 0 Å². The Morgan fingerprint density at radius 1 is 1.33 bits per heavy atom.